The van der Waals surface area contributed by atoms with Gasteiger partial charge in [0.2, 0.25) is 0 Å². The maximum absolute atomic E-state index is 11.7. The predicted octanol–water partition coefficient (Wildman–Crippen LogP) is 4.38. The molecule has 3 aromatic rings. The van der Waals surface area contributed by atoms with Crippen molar-refractivity contribution in [2.45, 2.75) is 51.6 Å². The van der Waals surface area contributed by atoms with Crippen molar-refractivity contribution >= 4 is 38.9 Å². The van der Waals surface area contributed by atoms with Crippen molar-refractivity contribution < 1.29 is 9.90 Å². The molecule has 4 atom stereocenters. The average Bonchev–Trinajstić information content (AvgIpc) is 3.29. The van der Waals surface area contributed by atoms with Crippen molar-refractivity contribution in [1.82, 2.24) is 10.3 Å². The van der Waals surface area contributed by atoms with Gasteiger partial charge >= 0.3 is 5.97 Å². The Morgan fingerprint density at radius 3 is 2.74 bits per heavy atom. The number of nitrogen functional groups attached to an aromatic ring is 1. The number of rotatable bonds is 5. The monoisotopic (exact) mass is 476 g/mol. The molecule has 0 amide bonds. The maximum Gasteiger partial charge on any atom is 0.307 e. The molecule has 34 heavy (non-hydrogen) atoms. The number of hydrogen-bond donors (Lipinski definition) is 3. The summed E-state index contributed by atoms with van der Waals surface area (Å²) in [4.78, 5) is 20.9. The number of aliphatic carboxylic acids is 1. The second-order valence-electron chi connectivity index (χ2n) is 10.4. The molecule has 3 heterocycles. The number of nitrogens with zero attached hydrogens (tertiary/aromatic N) is 2. The molecule has 3 aliphatic rings. The quantitative estimate of drug-likeness (QED) is 0.506. The largest absolute Gasteiger partial charge is 0.481 e. The third kappa shape index (κ3) is 3.85. The molecule has 2 aliphatic carbocycles. The molecule has 2 bridgehead atoms. The zero-order valence-electron chi connectivity index (χ0n) is 19.6. The van der Waals surface area contributed by atoms with Crippen LogP contribution in [0.2, 0.25) is 0 Å². The fourth-order valence-electron chi connectivity index (χ4n) is 6.45. The van der Waals surface area contributed by atoms with Crippen LogP contribution in [0.25, 0.3) is 10.2 Å². The first-order valence-electron chi connectivity index (χ1n) is 12.4. The Balaban J connectivity index is 1.11. The van der Waals surface area contributed by atoms with E-state index in [1.807, 2.05) is 13.0 Å². The number of fused-ring (bicyclic) bond motifs is 4. The number of carboxylic acids is 1. The van der Waals surface area contributed by atoms with E-state index in [-0.39, 0.29) is 5.92 Å². The molecule has 1 aromatic carbocycles. The first kappa shape index (κ1) is 21.9. The summed E-state index contributed by atoms with van der Waals surface area (Å²) in [6, 6.07) is 11.5. The van der Waals surface area contributed by atoms with Gasteiger partial charge in [0.1, 0.15) is 4.83 Å². The van der Waals surface area contributed by atoms with Crippen molar-refractivity contribution in [2.75, 3.05) is 23.7 Å². The molecule has 0 spiro atoms. The van der Waals surface area contributed by atoms with Crippen LogP contribution in [0, 0.1) is 24.7 Å². The van der Waals surface area contributed by atoms with Crippen molar-refractivity contribution in [2.24, 2.45) is 17.8 Å². The molecule has 1 saturated heterocycles. The van der Waals surface area contributed by atoms with Gasteiger partial charge in [-0.2, -0.15) is 0 Å². The second kappa shape index (κ2) is 8.54. The summed E-state index contributed by atoms with van der Waals surface area (Å²) in [5.41, 5.74) is 12.4. The molecule has 1 unspecified atom stereocenters. The van der Waals surface area contributed by atoms with Crippen LogP contribution in [-0.2, 0) is 24.2 Å². The Kier molecular flexibility index (Phi) is 5.49. The van der Waals surface area contributed by atoms with E-state index in [4.69, 9.17) is 5.73 Å². The highest BCUT2D eigenvalue weighted by Gasteiger charge is 2.46. The minimum Gasteiger partial charge on any atom is -0.481 e. The van der Waals surface area contributed by atoms with E-state index in [0.29, 0.717) is 17.9 Å². The number of hydrogen-bond acceptors (Lipinski definition) is 6. The van der Waals surface area contributed by atoms with E-state index in [1.165, 1.54) is 21.7 Å². The van der Waals surface area contributed by atoms with Crippen molar-refractivity contribution in [3.8, 4) is 0 Å². The highest BCUT2D eigenvalue weighted by molar-refractivity contribution is 7.19. The van der Waals surface area contributed by atoms with E-state index in [9.17, 15) is 9.90 Å². The number of nitrogens with one attached hydrogen (secondary N) is 1. The smallest absolute Gasteiger partial charge is 0.307 e. The lowest BCUT2D eigenvalue weighted by Crippen LogP contribution is -2.44. The molecule has 2 aromatic heterocycles. The molecule has 4 N–H and O–H groups in total. The topological polar surface area (TPSA) is 91.5 Å². The first-order chi connectivity index (χ1) is 16.5. The van der Waals surface area contributed by atoms with E-state index in [2.05, 4.69) is 39.5 Å². The fourth-order valence-corrected chi connectivity index (χ4v) is 7.54. The standard InChI is InChI=1S/C27H32N4O2S/c1-15-2-9-22-25(28)23(34-26(22)30-15)12-29-20-7-5-17-11-21(8-6-16(17)10-20)31-13-18-3-4-19(14-31)24(18)27(32)33/h2,6,8-9,11,18-20,24,29H,3-5,7,10,12-14,28H2,1H3,(H,32,33)/t18-,19+,20-,24?/m0/s1. The Morgan fingerprint density at radius 2 is 1.97 bits per heavy atom. The summed E-state index contributed by atoms with van der Waals surface area (Å²) in [7, 11) is 0. The molecular weight excluding hydrogens is 444 g/mol. The number of pyridine rings is 1. The molecule has 7 heteroatoms. The lowest BCUT2D eigenvalue weighted by atomic mass is 9.84. The van der Waals surface area contributed by atoms with Crippen LogP contribution >= 0.6 is 11.3 Å². The Labute approximate surface area is 204 Å². The summed E-state index contributed by atoms with van der Waals surface area (Å²) in [6.07, 6.45) is 5.32. The van der Waals surface area contributed by atoms with Gasteiger partial charge < -0.3 is 21.1 Å². The van der Waals surface area contributed by atoms with Gasteiger partial charge in [0, 0.05) is 47.3 Å². The van der Waals surface area contributed by atoms with Crippen LogP contribution in [0.4, 0.5) is 11.4 Å². The van der Waals surface area contributed by atoms with Crippen LogP contribution in [0.5, 0.6) is 0 Å². The molecule has 178 valence electrons. The van der Waals surface area contributed by atoms with Crippen LogP contribution in [0.1, 0.15) is 41.0 Å². The fraction of sp³-hybridized carbons (Fsp3) is 0.481. The van der Waals surface area contributed by atoms with Gasteiger partial charge in [-0.3, -0.25) is 4.79 Å². The van der Waals surface area contributed by atoms with Crippen molar-refractivity contribution in [3.05, 3.63) is 52.0 Å². The number of aryl methyl sites for hydroxylation is 2. The van der Waals surface area contributed by atoms with Crippen LogP contribution in [-0.4, -0.2) is 35.2 Å². The Hall–Kier alpha value is -2.64. The highest BCUT2D eigenvalue weighted by atomic mass is 32.1. The zero-order valence-corrected chi connectivity index (χ0v) is 20.4. The summed E-state index contributed by atoms with van der Waals surface area (Å²) in [6.45, 7) is 4.55. The SMILES string of the molecule is Cc1ccc2c(N)c(CN[C@H]3CCc4cc(N5C[C@H]6CC[C@@H](C5)C6C(=O)O)ccc4C3)sc2n1. The van der Waals surface area contributed by atoms with Crippen molar-refractivity contribution in [3.63, 3.8) is 0 Å². The number of carbonyl (C=O) groups is 1. The summed E-state index contributed by atoms with van der Waals surface area (Å²) in [5, 5.41) is 14.4. The van der Waals surface area contributed by atoms with E-state index in [0.717, 1.165) is 73.3 Å². The van der Waals surface area contributed by atoms with Gasteiger partial charge in [-0.25, -0.2) is 4.98 Å². The number of aromatic nitrogens is 1. The van der Waals surface area contributed by atoms with Gasteiger partial charge in [0.05, 0.1) is 11.6 Å². The van der Waals surface area contributed by atoms with Gasteiger partial charge in [0.25, 0.3) is 0 Å². The molecule has 0 radical (unpaired) electrons. The minimum atomic E-state index is -0.597. The number of nitrogens with two attached hydrogens (primary N) is 1. The first-order valence-corrected chi connectivity index (χ1v) is 13.3. The molecule has 1 saturated carbocycles. The summed E-state index contributed by atoms with van der Waals surface area (Å²) < 4.78 is 0. The number of piperidine rings is 1. The third-order valence-electron chi connectivity index (χ3n) is 8.26. The van der Waals surface area contributed by atoms with Crippen molar-refractivity contribution in [1.29, 1.82) is 0 Å². The van der Waals surface area contributed by atoms with E-state index >= 15 is 0 Å². The lowest BCUT2D eigenvalue weighted by molar-refractivity contribution is -0.144. The Bertz CT molecular complexity index is 1240. The van der Waals surface area contributed by atoms with Gasteiger partial charge in [0.15, 0.2) is 0 Å². The molecule has 6 rings (SSSR count). The normalized spacial score (nSPS) is 26.1. The maximum atomic E-state index is 11.7. The van der Waals surface area contributed by atoms with Gasteiger partial charge in [-0.05, 0) is 86.3 Å². The highest BCUT2D eigenvalue weighted by Crippen LogP contribution is 2.43. The third-order valence-corrected chi connectivity index (χ3v) is 9.38. The van der Waals surface area contributed by atoms with Gasteiger partial charge in [-0.15, -0.1) is 11.3 Å². The van der Waals surface area contributed by atoms with Crippen LogP contribution < -0.4 is 16.0 Å². The molecule has 2 fully saturated rings. The number of carboxylic acid groups (broad SMARTS) is 1. The summed E-state index contributed by atoms with van der Waals surface area (Å²) >= 11 is 1.70. The van der Waals surface area contributed by atoms with Gasteiger partial charge in [-0.1, -0.05) is 6.07 Å². The predicted molar refractivity (Wildman–Crippen MR) is 137 cm³/mol. The molecule has 6 nitrogen and oxygen atoms in total. The number of benzene rings is 1. The number of anilines is 2. The minimum absolute atomic E-state index is 0.143. The summed E-state index contributed by atoms with van der Waals surface area (Å²) in [5.74, 6) is -0.155. The van der Waals surface area contributed by atoms with Crippen LogP contribution in [0.15, 0.2) is 30.3 Å². The second-order valence-corrected chi connectivity index (χ2v) is 11.5. The average molecular weight is 477 g/mol. The molecule has 1 aliphatic heterocycles. The van der Waals surface area contributed by atoms with Crippen LogP contribution in [0.3, 0.4) is 0 Å². The van der Waals surface area contributed by atoms with E-state index in [1.54, 1.807) is 11.3 Å². The Morgan fingerprint density at radius 1 is 1.18 bits per heavy atom. The van der Waals surface area contributed by atoms with E-state index < -0.39 is 5.97 Å². The zero-order chi connectivity index (χ0) is 23.4. The lowest BCUT2D eigenvalue weighted by Gasteiger charge is -2.38. The molecular formula is C27H32N4O2S. The number of thiophene rings is 1.